The number of nitrogens with zero attached hydrogens (tertiary/aromatic N) is 3. The van der Waals surface area contributed by atoms with Gasteiger partial charge in [0.1, 0.15) is 0 Å². The van der Waals surface area contributed by atoms with Crippen molar-refractivity contribution >= 4 is 94.2 Å². The molecule has 13 rings (SSSR count). The van der Waals surface area contributed by atoms with Crippen LogP contribution >= 0.6 is 0 Å². The van der Waals surface area contributed by atoms with Crippen LogP contribution in [0.3, 0.4) is 0 Å². The quantitative estimate of drug-likeness (QED) is 0.112. The van der Waals surface area contributed by atoms with E-state index in [2.05, 4.69) is 0 Å². The first-order valence-electron chi connectivity index (χ1n) is 27.1. The third kappa shape index (κ3) is 5.33. The molecule has 0 fully saturated rings. The molecule has 0 saturated heterocycles. The van der Waals surface area contributed by atoms with Crippen molar-refractivity contribution in [2.75, 3.05) is 0 Å². The van der Waals surface area contributed by atoms with Crippen LogP contribution in [0, 0.1) is 0 Å². The van der Waals surface area contributed by atoms with Crippen molar-refractivity contribution in [3.63, 3.8) is 0 Å². The minimum Gasteiger partial charge on any atom is -0.309 e. The average Bonchev–Trinajstić information content (AvgIpc) is 4.29. The summed E-state index contributed by atoms with van der Waals surface area (Å²) in [6.45, 7) is 0. The lowest BCUT2D eigenvalue weighted by Crippen LogP contribution is -2.74. The minimum atomic E-state index is -3.68. The number of para-hydroxylation sites is 4. The molecule has 3 heterocycles. The van der Waals surface area contributed by atoms with Crippen LogP contribution in [-0.2, 0) is 0 Å². The average molecular weight is 844 g/mol. The van der Waals surface area contributed by atoms with E-state index in [-0.39, 0.29) is 89.2 Å². The molecule has 0 aliphatic heterocycles. The smallest absolute Gasteiger partial charge is 0.179 e. The van der Waals surface area contributed by atoms with Gasteiger partial charge in [0.15, 0.2) is 8.07 Å². The zero-order chi connectivity index (χ0) is 52.6. The Kier molecular flexibility index (Phi) is 5.94. The second-order valence-corrected chi connectivity index (χ2v) is 19.7. The van der Waals surface area contributed by atoms with Crippen LogP contribution in [0.2, 0.25) is 0 Å². The molecular weight excluding hydrogens is 791 g/mol. The lowest BCUT2D eigenvalue weighted by atomic mass is 10.1. The van der Waals surface area contributed by atoms with E-state index in [0.29, 0.717) is 70.9 Å². The fourth-order valence-electron chi connectivity index (χ4n) is 10.0. The lowest BCUT2D eigenvalue weighted by molar-refractivity contribution is 1.16. The molecule has 4 heteroatoms. The first-order chi connectivity index (χ1) is 36.8. The standard InChI is InChI=1S/C60H41N3Si/c1-4-20-45(21-5-1)64(46-22-6-2-7-23-46,47-24-8-3-9-25-47)48-26-18-19-42(39-48)61-59-37-35-43(62-55-31-14-10-27-49(55)50-28-11-15-32-56(50)62)40-53(59)54-41-44(36-38-60(54)61)63-57-33-16-12-29-51(57)52-30-13-17-34-58(52)63/h1-41H/i10D,12D,14D,16D,18D,19D,26D,27D,29D,31D,33D,39D. The molecular formula is C60H41N3Si. The predicted octanol–water partition coefficient (Wildman–Crippen LogP) is 12.4. The molecule has 0 radical (unpaired) electrons. The molecule has 13 aromatic rings. The SMILES string of the molecule is [2H]c1c([2H])c(-n2c3ccc(-n4c5ccccc5c5c([2H])c([2H])c([2H])c([2H])c54)cc3c3cc(-n4c5ccccc5c5c([2H])c([2H])c([2H])c([2H])c54)ccc32)c([2H])c([Si](c2ccccc2)(c2ccccc2)c2ccccc2)c1[2H]. The Balaban J connectivity index is 1.19. The van der Waals surface area contributed by atoms with Gasteiger partial charge in [-0.05, 0) is 93.4 Å². The van der Waals surface area contributed by atoms with E-state index in [0.717, 1.165) is 15.6 Å². The Bertz CT molecular complexity index is 4320. The third-order valence-corrected chi connectivity index (χ3v) is 17.3. The van der Waals surface area contributed by atoms with Crippen molar-refractivity contribution in [2.24, 2.45) is 0 Å². The number of hydrogen-bond donors (Lipinski definition) is 0. The van der Waals surface area contributed by atoms with Gasteiger partial charge in [0.2, 0.25) is 0 Å². The van der Waals surface area contributed by atoms with Crippen molar-refractivity contribution in [1.82, 2.24) is 13.7 Å². The molecule has 300 valence electrons. The Morgan fingerprint density at radius 1 is 0.281 bits per heavy atom. The maximum absolute atomic E-state index is 10.6. The molecule has 0 atom stereocenters. The molecule has 0 spiro atoms. The maximum atomic E-state index is 10.6. The van der Waals surface area contributed by atoms with Gasteiger partial charge in [-0.25, -0.2) is 0 Å². The van der Waals surface area contributed by atoms with E-state index in [9.17, 15) is 8.22 Å². The number of rotatable bonds is 7. The fourth-order valence-corrected chi connectivity index (χ4v) is 14.5. The fraction of sp³-hybridized carbons (Fsp3) is 0. The summed E-state index contributed by atoms with van der Waals surface area (Å²) in [5, 5.41) is 6.25. The normalized spacial score (nSPS) is 14.7. The highest BCUT2D eigenvalue weighted by Gasteiger charge is 2.41. The van der Waals surface area contributed by atoms with E-state index in [1.54, 1.807) is 0 Å². The van der Waals surface area contributed by atoms with Crippen molar-refractivity contribution in [2.45, 2.75) is 0 Å². The Hall–Kier alpha value is -8.18. The second-order valence-electron chi connectivity index (χ2n) is 16.0. The van der Waals surface area contributed by atoms with Gasteiger partial charge in [0, 0.05) is 49.4 Å². The van der Waals surface area contributed by atoms with E-state index in [1.165, 1.54) is 0 Å². The van der Waals surface area contributed by atoms with E-state index < -0.39 is 8.07 Å². The van der Waals surface area contributed by atoms with E-state index >= 15 is 0 Å². The van der Waals surface area contributed by atoms with Crippen LogP contribution in [0.1, 0.15) is 16.4 Å². The van der Waals surface area contributed by atoms with Crippen LogP contribution in [0.25, 0.3) is 82.5 Å². The van der Waals surface area contributed by atoms with E-state index in [4.69, 9.17) is 8.22 Å². The summed E-state index contributed by atoms with van der Waals surface area (Å²) in [6.07, 6.45) is 0. The Morgan fingerprint density at radius 2 is 0.688 bits per heavy atom. The lowest BCUT2D eigenvalue weighted by Gasteiger charge is -2.34. The summed E-state index contributed by atoms with van der Waals surface area (Å²) in [4.78, 5) is 0. The van der Waals surface area contributed by atoms with Crippen molar-refractivity contribution in [1.29, 1.82) is 0 Å². The zero-order valence-corrected chi connectivity index (χ0v) is 35.1. The van der Waals surface area contributed by atoms with Crippen LogP contribution in [0.15, 0.2) is 248 Å². The topological polar surface area (TPSA) is 14.8 Å². The van der Waals surface area contributed by atoms with Gasteiger partial charge in [-0.1, -0.05) is 176 Å². The predicted molar refractivity (Wildman–Crippen MR) is 273 cm³/mol. The van der Waals surface area contributed by atoms with E-state index in [1.807, 2.05) is 190 Å². The molecule has 3 aromatic heterocycles. The molecule has 3 nitrogen and oxygen atoms in total. The zero-order valence-electron chi connectivity index (χ0n) is 46.1. The summed E-state index contributed by atoms with van der Waals surface area (Å²) in [6, 6.07) is 52.6. The first-order valence-corrected chi connectivity index (χ1v) is 23.1. The molecule has 10 aromatic carbocycles. The summed E-state index contributed by atoms with van der Waals surface area (Å²) < 4.78 is 117. The number of benzene rings is 10. The number of hydrogen-bond acceptors (Lipinski definition) is 0. The molecule has 0 unspecified atom stereocenters. The molecule has 0 amide bonds. The summed E-state index contributed by atoms with van der Waals surface area (Å²) >= 11 is 0. The van der Waals surface area contributed by atoms with Crippen molar-refractivity contribution in [3.8, 4) is 17.1 Å². The highest BCUT2D eigenvalue weighted by atomic mass is 28.3. The molecule has 0 aliphatic rings. The monoisotopic (exact) mass is 843 g/mol. The first kappa shape index (κ1) is 26.3. The molecule has 0 aliphatic carbocycles. The van der Waals surface area contributed by atoms with Crippen LogP contribution in [-0.4, -0.2) is 21.8 Å². The van der Waals surface area contributed by atoms with Gasteiger partial charge >= 0.3 is 0 Å². The van der Waals surface area contributed by atoms with Crippen LogP contribution in [0.5, 0.6) is 0 Å². The molecule has 0 saturated carbocycles. The number of aromatic nitrogens is 3. The van der Waals surface area contributed by atoms with Gasteiger partial charge in [0.25, 0.3) is 0 Å². The molecule has 64 heavy (non-hydrogen) atoms. The highest BCUT2D eigenvalue weighted by Crippen LogP contribution is 2.39. The van der Waals surface area contributed by atoms with Crippen LogP contribution in [0.4, 0.5) is 0 Å². The minimum absolute atomic E-state index is 0.0852. The second kappa shape index (κ2) is 14.5. The van der Waals surface area contributed by atoms with Gasteiger partial charge < -0.3 is 13.7 Å². The molecule has 0 N–H and O–H groups in total. The van der Waals surface area contributed by atoms with Gasteiger partial charge in [0.05, 0.1) is 49.5 Å². The van der Waals surface area contributed by atoms with Gasteiger partial charge in [-0.15, -0.1) is 0 Å². The largest absolute Gasteiger partial charge is 0.309 e. The maximum Gasteiger partial charge on any atom is 0.179 e. The Morgan fingerprint density at radius 3 is 1.17 bits per heavy atom. The van der Waals surface area contributed by atoms with Crippen LogP contribution < -0.4 is 20.7 Å². The summed E-state index contributed by atoms with van der Waals surface area (Å²) in [5.41, 5.74) is 4.16. The molecule has 0 bridgehead atoms. The summed E-state index contributed by atoms with van der Waals surface area (Å²) in [7, 11) is -3.68. The van der Waals surface area contributed by atoms with Gasteiger partial charge in [-0.3, -0.25) is 0 Å². The number of fused-ring (bicyclic) bond motifs is 9. The highest BCUT2D eigenvalue weighted by molar-refractivity contribution is 7.19. The summed E-state index contributed by atoms with van der Waals surface area (Å²) in [5.74, 6) is 0. The van der Waals surface area contributed by atoms with Gasteiger partial charge in [-0.2, -0.15) is 0 Å². The Labute approximate surface area is 388 Å². The van der Waals surface area contributed by atoms with Crippen molar-refractivity contribution < 1.29 is 16.4 Å². The third-order valence-electron chi connectivity index (χ3n) is 12.7. The van der Waals surface area contributed by atoms with Crippen molar-refractivity contribution in [3.05, 3.63) is 248 Å².